The number of nitrogens with zero attached hydrogens (tertiary/aromatic N) is 1. The van der Waals surface area contributed by atoms with E-state index >= 15 is 0 Å². The molecule has 0 bridgehead atoms. The second kappa shape index (κ2) is 11.1. The lowest BCUT2D eigenvalue weighted by molar-refractivity contribution is -0.142. The first-order valence-corrected chi connectivity index (χ1v) is 11.4. The minimum atomic E-state index is -0.694. The maximum Gasteiger partial charge on any atom is 0.261 e. The molecule has 5 nitrogen and oxygen atoms in total. The lowest BCUT2D eigenvalue weighted by Crippen LogP contribution is -2.50. The minimum absolute atomic E-state index is 0.0400. The molecule has 174 valence electrons. The van der Waals surface area contributed by atoms with Crippen LogP contribution in [-0.4, -0.2) is 35.4 Å². The van der Waals surface area contributed by atoms with Crippen molar-refractivity contribution in [3.8, 4) is 5.75 Å². The van der Waals surface area contributed by atoms with Crippen LogP contribution in [0.25, 0.3) is 0 Å². The largest absolute Gasteiger partial charge is 0.483 e. The summed E-state index contributed by atoms with van der Waals surface area (Å²) in [5.41, 5.74) is 1.64. The second-order valence-electron chi connectivity index (χ2n) is 9.14. The fourth-order valence-corrected chi connectivity index (χ4v) is 3.58. The summed E-state index contributed by atoms with van der Waals surface area (Å²) >= 11 is 12.2. The van der Waals surface area contributed by atoms with Crippen LogP contribution >= 0.6 is 23.2 Å². The summed E-state index contributed by atoms with van der Waals surface area (Å²) in [6, 6.07) is 12.1. The van der Waals surface area contributed by atoms with Crippen molar-refractivity contribution in [2.75, 3.05) is 6.61 Å². The molecule has 32 heavy (non-hydrogen) atoms. The van der Waals surface area contributed by atoms with E-state index in [2.05, 4.69) is 26.1 Å². The average Bonchev–Trinajstić information content (AvgIpc) is 2.71. The molecule has 0 aliphatic carbocycles. The van der Waals surface area contributed by atoms with E-state index in [1.807, 2.05) is 38.1 Å². The molecule has 2 aromatic rings. The smallest absolute Gasteiger partial charge is 0.261 e. The Morgan fingerprint density at radius 1 is 1.03 bits per heavy atom. The van der Waals surface area contributed by atoms with E-state index in [4.69, 9.17) is 27.9 Å². The summed E-state index contributed by atoms with van der Waals surface area (Å²) in [6.45, 7) is 11.7. The maximum absolute atomic E-state index is 13.2. The fraction of sp³-hybridized carbons (Fsp3) is 0.440. The Hall–Kier alpha value is -2.24. The molecule has 0 heterocycles. The Morgan fingerprint density at radius 3 is 2.28 bits per heavy atom. The summed E-state index contributed by atoms with van der Waals surface area (Å²) in [5.74, 6) is 0.122. The van der Waals surface area contributed by atoms with Crippen LogP contribution in [0.2, 0.25) is 10.0 Å². The molecular weight excluding hydrogens is 447 g/mol. The Kier molecular flexibility index (Phi) is 8.99. The fourth-order valence-electron chi connectivity index (χ4n) is 3.26. The number of ether oxygens (including phenoxy) is 1. The number of hydrogen-bond acceptors (Lipinski definition) is 3. The molecule has 2 amide bonds. The molecule has 0 aromatic heterocycles. The van der Waals surface area contributed by atoms with Crippen molar-refractivity contribution in [2.24, 2.45) is 0 Å². The zero-order valence-corrected chi connectivity index (χ0v) is 21.1. The topological polar surface area (TPSA) is 58.6 Å². The van der Waals surface area contributed by atoms with Gasteiger partial charge in [-0.2, -0.15) is 0 Å². The third kappa shape index (κ3) is 7.14. The molecule has 0 spiro atoms. The molecule has 2 aromatic carbocycles. The van der Waals surface area contributed by atoms with Crippen molar-refractivity contribution >= 4 is 35.0 Å². The zero-order valence-electron chi connectivity index (χ0n) is 19.5. The number of halogens is 2. The van der Waals surface area contributed by atoms with Gasteiger partial charge in [0.2, 0.25) is 5.91 Å². The van der Waals surface area contributed by atoms with Gasteiger partial charge in [-0.15, -0.1) is 0 Å². The first-order chi connectivity index (χ1) is 14.9. The summed E-state index contributed by atoms with van der Waals surface area (Å²) in [5, 5.41) is 3.69. The zero-order chi connectivity index (χ0) is 24.1. The Bertz CT molecular complexity index is 954. The second-order valence-corrected chi connectivity index (χ2v) is 9.96. The first-order valence-electron chi connectivity index (χ1n) is 10.7. The van der Waals surface area contributed by atoms with Crippen LogP contribution in [0.15, 0.2) is 42.5 Å². The standard InChI is InChI=1S/C25H32Cl2N2O3/c1-16(2)28-24(31)17(3)29(14-18-11-12-20(26)21(27)13-18)23(30)15-32-22-10-8-7-9-19(22)25(4,5)6/h7-13,16-17H,14-15H2,1-6H3,(H,28,31). The summed E-state index contributed by atoms with van der Waals surface area (Å²) < 4.78 is 5.93. The molecule has 0 radical (unpaired) electrons. The number of benzene rings is 2. The molecule has 7 heteroatoms. The molecular formula is C25H32Cl2N2O3. The van der Waals surface area contributed by atoms with Gasteiger partial charge in [-0.3, -0.25) is 9.59 Å². The van der Waals surface area contributed by atoms with Crippen molar-refractivity contribution in [2.45, 2.75) is 65.6 Å². The average molecular weight is 479 g/mol. The number of carbonyl (C=O) groups excluding carboxylic acids is 2. The minimum Gasteiger partial charge on any atom is -0.483 e. The number of para-hydroxylation sites is 1. The molecule has 2 rings (SSSR count). The lowest BCUT2D eigenvalue weighted by atomic mass is 9.86. The normalized spacial score (nSPS) is 12.4. The van der Waals surface area contributed by atoms with Gasteiger partial charge in [0.1, 0.15) is 11.8 Å². The van der Waals surface area contributed by atoms with Gasteiger partial charge in [0.05, 0.1) is 10.0 Å². The van der Waals surface area contributed by atoms with Crippen LogP contribution in [0, 0.1) is 0 Å². The molecule has 0 saturated carbocycles. The third-order valence-corrected chi connectivity index (χ3v) is 5.72. The first kappa shape index (κ1) is 26.0. The number of hydrogen-bond donors (Lipinski definition) is 1. The van der Waals surface area contributed by atoms with Gasteiger partial charge < -0.3 is 15.0 Å². The molecule has 0 saturated heterocycles. The van der Waals surface area contributed by atoms with E-state index in [1.165, 1.54) is 4.90 Å². The predicted molar refractivity (Wildman–Crippen MR) is 130 cm³/mol. The Balaban J connectivity index is 2.25. The number of nitrogens with one attached hydrogen (secondary N) is 1. The van der Waals surface area contributed by atoms with E-state index < -0.39 is 6.04 Å². The number of rotatable bonds is 8. The van der Waals surface area contributed by atoms with Crippen molar-refractivity contribution in [1.29, 1.82) is 0 Å². The van der Waals surface area contributed by atoms with Gasteiger partial charge in [0, 0.05) is 12.6 Å². The predicted octanol–water partition coefficient (Wildman–Crippen LogP) is 5.61. The monoisotopic (exact) mass is 478 g/mol. The van der Waals surface area contributed by atoms with Crippen molar-refractivity contribution in [1.82, 2.24) is 10.2 Å². The van der Waals surface area contributed by atoms with E-state index in [0.717, 1.165) is 11.1 Å². The van der Waals surface area contributed by atoms with Crippen LogP contribution in [0.3, 0.4) is 0 Å². The van der Waals surface area contributed by atoms with Crippen LogP contribution in [-0.2, 0) is 21.5 Å². The summed E-state index contributed by atoms with van der Waals surface area (Å²) in [4.78, 5) is 27.4. The number of amides is 2. The molecule has 1 N–H and O–H groups in total. The van der Waals surface area contributed by atoms with Crippen LogP contribution in [0.5, 0.6) is 5.75 Å². The van der Waals surface area contributed by atoms with Crippen LogP contribution < -0.4 is 10.1 Å². The molecule has 0 fully saturated rings. The Morgan fingerprint density at radius 2 is 1.69 bits per heavy atom. The number of carbonyl (C=O) groups is 2. The molecule has 0 aliphatic rings. The highest BCUT2D eigenvalue weighted by molar-refractivity contribution is 6.42. The molecule has 0 aliphatic heterocycles. The Labute approximate surface area is 201 Å². The SMILES string of the molecule is CC(C)NC(=O)C(C)N(Cc1ccc(Cl)c(Cl)c1)C(=O)COc1ccccc1C(C)(C)C. The van der Waals surface area contributed by atoms with Crippen molar-refractivity contribution in [3.05, 3.63) is 63.6 Å². The quantitative estimate of drug-likeness (QED) is 0.535. The van der Waals surface area contributed by atoms with Crippen LogP contribution in [0.4, 0.5) is 0 Å². The van der Waals surface area contributed by atoms with Crippen molar-refractivity contribution < 1.29 is 14.3 Å². The summed E-state index contributed by atoms with van der Waals surface area (Å²) in [6.07, 6.45) is 0. The van der Waals surface area contributed by atoms with E-state index in [0.29, 0.717) is 15.8 Å². The van der Waals surface area contributed by atoms with E-state index in [9.17, 15) is 9.59 Å². The maximum atomic E-state index is 13.2. The van der Waals surface area contributed by atoms with Gasteiger partial charge in [-0.25, -0.2) is 0 Å². The lowest BCUT2D eigenvalue weighted by Gasteiger charge is -2.30. The van der Waals surface area contributed by atoms with Gasteiger partial charge in [-0.05, 0) is 55.5 Å². The molecule has 1 atom stereocenters. The van der Waals surface area contributed by atoms with Crippen molar-refractivity contribution in [3.63, 3.8) is 0 Å². The summed E-state index contributed by atoms with van der Waals surface area (Å²) in [7, 11) is 0. The highest BCUT2D eigenvalue weighted by atomic mass is 35.5. The third-order valence-electron chi connectivity index (χ3n) is 4.98. The van der Waals surface area contributed by atoms with E-state index in [1.54, 1.807) is 25.1 Å². The van der Waals surface area contributed by atoms with E-state index in [-0.39, 0.29) is 36.4 Å². The van der Waals surface area contributed by atoms with Gasteiger partial charge >= 0.3 is 0 Å². The highest BCUT2D eigenvalue weighted by Gasteiger charge is 2.27. The van der Waals surface area contributed by atoms with Gasteiger partial charge in [0.25, 0.3) is 5.91 Å². The van der Waals surface area contributed by atoms with Gasteiger partial charge in [0.15, 0.2) is 6.61 Å². The van der Waals surface area contributed by atoms with Gasteiger partial charge in [-0.1, -0.05) is 68.2 Å². The van der Waals surface area contributed by atoms with Crippen LogP contribution in [0.1, 0.15) is 52.7 Å². The highest BCUT2D eigenvalue weighted by Crippen LogP contribution is 2.31. The molecule has 1 unspecified atom stereocenters.